The highest BCUT2D eigenvalue weighted by Crippen LogP contribution is 2.44. The highest BCUT2D eigenvalue weighted by Gasteiger charge is 2.56. The van der Waals surface area contributed by atoms with Crippen molar-refractivity contribution < 1.29 is 36.6 Å². The van der Waals surface area contributed by atoms with E-state index >= 15 is 0 Å². The second-order valence-electron chi connectivity index (χ2n) is 7.87. The summed E-state index contributed by atoms with van der Waals surface area (Å²) in [6.07, 6.45) is -7.20. The van der Waals surface area contributed by atoms with Crippen LogP contribution in [0.15, 0.2) is 30.3 Å². The van der Waals surface area contributed by atoms with Crippen LogP contribution >= 0.6 is 0 Å². The number of nitrogens with zero attached hydrogens (tertiary/aromatic N) is 1. The number of aromatic amines is 1. The zero-order chi connectivity index (χ0) is 22.5. The molecule has 0 aliphatic carbocycles. The van der Waals surface area contributed by atoms with Gasteiger partial charge in [-0.25, -0.2) is 18.2 Å². The van der Waals surface area contributed by atoms with Gasteiger partial charge < -0.3 is 15.2 Å². The van der Waals surface area contributed by atoms with Crippen molar-refractivity contribution in [3.63, 3.8) is 0 Å². The van der Waals surface area contributed by atoms with Crippen molar-refractivity contribution in [2.75, 3.05) is 0 Å². The Morgan fingerprint density at radius 3 is 2.33 bits per heavy atom. The predicted molar refractivity (Wildman–Crippen MR) is 96.4 cm³/mol. The average molecular weight is 432 g/mol. The molecular weight excluding hydrogens is 414 g/mol. The lowest BCUT2D eigenvalue weighted by Crippen LogP contribution is -2.51. The number of fused-ring (bicyclic) bond motifs is 1. The number of phenolic OH excluding ortho intramolecular Hbond substituents is 1. The Morgan fingerprint density at radius 1 is 1.03 bits per heavy atom. The number of aliphatic hydroxyl groups is 1. The quantitative estimate of drug-likeness (QED) is 0.503. The van der Waals surface area contributed by atoms with E-state index in [-0.39, 0.29) is 11.1 Å². The van der Waals surface area contributed by atoms with Crippen LogP contribution in [0.4, 0.5) is 26.3 Å². The molecule has 3 N–H and O–H groups in total. The van der Waals surface area contributed by atoms with E-state index in [1.807, 2.05) is 0 Å². The lowest BCUT2D eigenvalue weighted by atomic mass is 9.73. The largest absolute Gasteiger partial charge is 0.508 e. The van der Waals surface area contributed by atoms with Crippen molar-refractivity contribution in [3.05, 3.63) is 59.2 Å². The minimum atomic E-state index is -5.14. The minimum absolute atomic E-state index is 0.0320. The van der Waals surface area contributed by atoms with Crippen LogP contribution in [-0.4, -0.2) is 32.0 Å². The van der Waals surface area contributed by atoms with E-state index < -0.39 is 64.6 Å². The highest BCUT2D eigenvalue weighted by molar-refractivity contribution is 5.75. The molecule has 1 unspecified atom stereocenters. The summed E-state index contributed by atoms with van der Waals surface area (Å²) >= 11 is 0. The van der Waals surface area contributed by atoms with Crippen LogP contribution in [-0.2, 0) is 11.8 Å². The van der Waals surface area contributed by atoms with Crippen molar-refractivity contribution in [1.29, 1.82) is 0 Å². The van der Waals surface area contributed by atoms with E-state index in [0.717, 1.165) is 30.3 Å². The average Bonchev–Trinajstić information content (AvgIpc) is 3.02. The Bertz CT molecular complexity index is 1090. The van der Waals surface area contributed by atoms with Gasteiger partial charge in [0.15, 0.2) is 17.2 Å². The van der Waals surface area contributed by atoms with Crippen LogP contribution < -0.4 is 0 Å². The molecule has 0 aliphatic rings. The van der Waals surface area contributed by atoms with Crippen molar-refractivity contribution >= 4 is 11.0 Å². The second-order valence-corrected chi connectivity index (χ2v) is 7.87. The van der Waals surface area contributed by atoms with Gasteiger partial charge in [-0.15, -0.1) is 0 Å². The van der Waals surface area contributed by atoms with Crippen LogP contribution in [0, 0.1) is 17.5 Å². The fourth-order valence-corrected chi connectivity index (χ4v) is 3.57. The van der Waals surface area contributed by atoms with Gasteiger partial charge in [0.1, 0.15) is 22.9 Å². The summed E-state index contributed by atoms with van der Waals surface area (Å²) in [7, 11) is 0. The van der Waals surface area contributed by atoms with Gasteiger partial charge in [-0.3, -0.25) is 0 Å². The molecule has 0 saturated heterocycles. The fraction of sp³-hybridized carbons (Fsp3) is 0.350. The van der Waals surface area contributed by atoms with Crippen LogP contribution in [0.1, 0.15) is 31.7 Å². The van der Waals surface area contributed by atoms with Crippen LogP contribution in [0.2, 0.25) is 0 Å². The van der Waals surface area contributed by atoms with Crippen molar-refractivity contribution in [2.45, 2.75) is 43.9 Å². The molecule has 30 heavy (non-hydrogen) atoms. The molecule has 0 saturated carbocycles. The van der Waals surface area contributed by atoms with Gasteiger partial charge in [0.2, 0.25) is 0 Å². The minimum Gasteiger partial charge on any atom is -0.508 e. The molecule has 0 bridgehead atoms. The number of aromatic nitrogens is 2. The van der Waals surface area contributed by atoms with E-state index in [2.05, 4.69) is 9.97 Å². The van der Waals surface area contributed by atoms with Crippen molar-refractivity contribution in [2.24, 2.45) is 0 Å². The van der Waals surface area contributed by atoms with Gasteiger partial charge in [0, 0.05) is 12.0 Å². The SMILES string of the molecule is CC(C)(CC(O)(Cc1nc2c(F)c(F)ccc2[nH]1)C(F)(F)F)c1cc(F)ccc1O. The Morgan fingerprint density at radius 2 is 1.70 bits per heavy atom. The Hall–Kier alpha value is -2.75. The van der Waals surface area contributed by atoms with Crippen molar-refractivity contribution in [3.8, 4) is 5.75 Å². The lowest BCUT2D eigenvalue weighted by Gasteiger charge is -2.37. The number of phenols is 1. The summed E-state index contributed by atoms with van der Waals surface area (Å²) in [5.41, 5.74) is -5.52. The second kappa shape index (κ2) is 7.19. The van der Waals surface area contributed by atoms with E-state index in [4.69, 9.17) is 0 Å². The number of hydrogen-bond donors (Lipinski definition) is 3. The topological polar surface area (TPSA) is 69.1 Å². The lowest BCUT2D eigenvalue weighted by molar-refractivity contribution is -0.266. The number of halogens is 6. The molecular formula is C20H18F6N2O2. The molecule has 3 rings (SSSR count). The number of hydrogen-bond acceptors (Lipinski definition) is 3. The van der Waals surface area contributed by atoms with Crippen molar-refractivity contribution in [1.82, 2.24) is 9.97 Å². The third-order valence-corrected chi connectivity index (χ3v) is 5.00. The zero-order valence-electron chi connectivity index (χ0n) is 15.9. The van der Waals surface area contributed by atoms with Crippen LogP contribution in [0.5, 0.6) is 5.75 Å². The third kappa shape index (κ3) is 3.96. The number of imidazole rings is 1. The maximum Gasteiger partial charge on any atom is 0.417 e. The first-order chi connectivity index (χ1) is 13.7. The van der Waals surface area contributed by atoms with Gasteiger partial charge in [0.05, 0.1) is 5.52 Å². The maximum atomic E-state index is 13.9. The molecule has 162 valence electrons. The molecule has 1 heterocycles. The molecule has 0 aliphatic heterocycles. The normalized spacial score (nSPS) is 14.8. The predicted octanol–water partition coefficient (Wildman–Crippen LogP) is 4.89. The number of rotatable bonds is 5. The summed E-state index contributed by atoms with van der Waals surface area (Å²) in [6, 6.07) is 4.77. The van der Waals surface area contributed by atoms with E-state index in [9.17, 15) is 36.6 Å². The van der Waals surface area contributed by atoms with E-state index in [1.54, 1.807) is 0 Å². The molecule has 10 heteroatoms. The van der Waals surface area contributed by atoms with Crippen LogP contribution in [0.25, 0.3) is 11.0 Å². The first kappa shape index (κ1) is 21.9. The summed E-state index contributed by atoms with van der Waals surface area (Å²) in [5.74, 6) is -4.13. The summed E-state index contributed by atoms with van der Waals surface area (Å²) in [5, 5.41) is 20.6. The molecule has 3 aromatic rings. The van der Waals surface area contributed by atoms with E-state index in [0.29, 0.717) is 0 Å². The molecule has 1 atom stereocenters. The molecule has 1 aromatic heterocycles. The van der Waals surface area contributed by atoms with Crippen LogP contribution in [0.3, 0.4) is 0 Å². The Kier molecular flexibility index (Phi) is 5.26. The summed E-state index contributed by atoms with van der Waals surface area (Å²) in [4.78, 5) is 6.12. The number of nitrogens with one attached hydrogen (secondary N) is 1. The smallest absolute Gasteiger partial charge is 0.417 e. The van der Waals surface area contributed by atoms with Gasteiger partial charge >= 0.3 is 6.18 Å². The Balaban J connectivity index is 2.01. The molecule has 0 fully saturated rings. The zero-order valence-corrected chi connectivity index (χ0v) is 15.9. The number of benzene rings is 2. The molecule has 4 nitrogen and oxygen atoms in total. The molecule has 2 aromatic carbocycles. The number of alkyl halides is 3. The maximum absolute atomic E-state index is 13.9. The molecule has 0 spiro atoms. The standard InChI is InChI=1S/C20H18F6N2O2/c1-18(2,11-7-10(21)3-6-14(11)29)9-19(30,20(24,25)26)8-15-27-13-5-4-12(22)16(23)17(13)28-15/h3-7,29-30H,8-9H2,1-2H3,(H,27,28). The first-order valence-corrected chi connectivity index (χ1v) is 8.84. The fourth-order valence-electron chi connectivity index (χ4n) is 3.57. The monoisotopic (exact) mass is 432 g/mol. The van der Waals surface area contributed by atoms with E-state index in [1.165, 1.54) is 13.8 Å². The number of aromatic hydroxyl groups is 1. The van der Waals surface area contributed by atoms with Gasteiger partial charge in [-0.1, -0.05) is 13.8 Å². The van der Waals surface area contributed by atoms with Gasteiger partial charge in [0.25, 0.3) is 0 Å². The summed E-state index contributed by atoms with van der Waals surface area (Å²) in [6.45, 7) is 2.62. The highest BCUT2D eigenvalue weighted by atomic mass is 19.4. The summed E-state index contributed by atoms with van der Waals surface area (Å²) < 4.78 is 82.4. The Labute approximate surface area is 167 Å². The first-order valence-electron chi connectivity index (χ1n) is 8.84. The molecule has 0 radical (unpaired) electrons. The number of H-pyrrole nitrogens is 1. The van der Waals surface area contributed by atoms with Gasteiger partial charge in [-0.2, -0.15) is 13.2 Å². The molecule has 0 amide bonds. The van der Waals surface area contributed by atoms with Gasteiger partial charge in [-0.05, 0) is 42.2 Å². The third-order valence-electron chi connectivity index (χ3n) is 5.00.